The van der Waals surface area contributed by atoms with Gasteiger partial charge in [-0.15, -0.1) is 0 Å². The van der Waals surface area contributed by atoms with Crippen LogP contribution in [-0.4, -0.2) is 16.4 Å². The number of hydrogen-bond acceptors (Lipinski definition) is 2. The molecule has 2 aromatic rings. The van der Waals surface area contributed by atoms with Gasteiger partial charge >= 0.3 is 0 Å². The van der Waals surface area contributed by atoms with E-state index < -0.39 is 0 Å². The Morgan fingerprint density at radius 2 is 2.12 bits per heavy atom. The van der Waals surface area contributed by atoms with Crippen LogP contribution in [0.1, 0.15) is 23.7 Å². The summed E-state index contributed by atoms with van der Waals surface area (Å²) in [6.07, 6.45) is 2.28. The number of ketones is 1. The number of fused-ring (bicyclic) bond motifs is 1. The number of para-hydroxylation sites is 1. The molecule has 0 fully saturated rings. The quantitative estimate of drug-likeness (QED) is 0.799. The van der Waals surface area contributed by atoms with E-state index in [9.17, 15) is 4.79 Å². The van der Waals surface area contributed by atoms with Gasteiger partial charge in [-0.3, -0.25) is 4.79 Å². The topological polar surface area (TPSA) is 48.0 Å². The van der Waals surface area contributed by atoms with E-state index in [2.05, 4.69) is 0 Å². The second-order valence-electron chi connectivity index (χ2n) is 4.28. The fourth-order valence-electron chi connectivity index (χ4n) is 1.97. The summed E-state index contributed by atoms with van der Waals surface area (Å²) in [5, 5.41) is 1.01. The van der Waals surface area contributed by atoms with E-state index in [1.807, 2.05) is 49.0 Å². The highest BCUT2D eigenvalue weighted by atomic mass is 16.1. The number of hydrogen-bond donors (Lipinski definition) is 1. The summed E-state index contributed by atoms with van der Waals surface area (Å²) >= 11 is 0. The van der Waals surface area contributed by atoms with Crippen LogP contribution in [0.15, 0.2) is 30.5 Å². The lowest BCUT2D eigenvalue weighted by Gasteiger charge is -2.02. The summed E-state index contributed by atoms with van der Waals surface area (Å²) in [6.45, 7) is 1.85. The molecule has 0 aliphatic heterocycles. The normalized spacial score (nSPS) is 12.9. The highest BCUT2D eigenvalue weighted by molar-refractivity contribution is 6.08. The second kappa shape index (κ2) is 4.10. The minimum Gasteiger partial charge on any atom is -0.350 e. The number of carbonyl (C=O) groups is 1. The number of nitrogens with two attached hydrogens (primary N) is 1. The van der Waals surface area contributed by atoms with Crippen LogP contribution in [-0.2, 0) is 7.05 Å². The van der Waals surface area contributed by atoms with Gasteiger partial charge in [-0.2, -0.15) is 0 Å². The first-order chi connectivity index (χ1) is 7.59. The van der Waals surface area contributed by atoms with Crippen LogP contribution in [0.2, 0.25) is 0 Å². The standard InChI is InChI=1S/C13H16N2O/c1-9(14)7-13(16)11-8-15(2)12-6-4-3-5-10(11)12/h3-6,8-9H,7,14H2,1-2H3. The Balaban J connectivity index is 2.49. The zero-order valence-corrected chi connectivity index (χ0v) is 9.60. The molecule has 0 aliphatic rings. The molecule has 0 amide bonds. The predicted molar refractivity (Wildman–Crippen MR) is 65.5 cm³/mol. The lowest BCUT2D eigenvalue weighted by Crippen LogP contribution is -2.19. The third kappa shape index (κ3) is 1.86. The van der Waals surface area contributed by atoms with Crippen molar-refractivity contribution in [1.29, 1.82) is 0 Å². The minimum atomic E-state index is -0.0912. The average Bonchev–Trinajstić information content (AvgIpc) is 2.56. The van der Waals surface area contributed by atoms with Gasteiger partial charge in [-0.05, 0) is 13.0 Å². The molecule has 1 aromatic carbocycles. The summed E-state index contributed by atoms with van der Waals surface area (Å²) in [4.78, 5) is 12.0. The Hall–Kier alpha value is -1.61. The van der Waals surface area contributed by atoms with Crippen molar-refractivity contribution in [2.45, 2.75) is 19.4 Å². The summed E-state index contributed by atoms with van der Waals surface area (Å²) in [6, 6.07) is 7.82. The van der Waals surface area contributed by atoms with Crippen molar-refractivity contribution in [1.82, 2.24) is 4.57 Å². The Morgan fingerprint density at radius 3 is 2.81 bits per heavy atom. The van der Waals surface area contributed by atoms with E-state index in [1.54, 1.807) is 0 Å². The van der Waals surface area contributed by atoms with E-state index >= 15 is 0 Å². The molecule has 16 heavy (non-hydrogen) atoms. The van der Waals surface area contributed by atoms with Crippen molar-refractivity contribution in [3.05, 3.63) is 36.0 Å². The predicted octanol–water partition coefficient (Wildman–Crippen LogP) is 2.10. The van der Waals surface area contributed by atoms with Gasteiger partial charge in [0.1, 0.15) is 0 Å². The zero-order valence-electron chi connectivity index (χ0n) is 9.60. The number of aromatic nitrogens is 1. The number of rotatable bonds is 3. The Morgan fingerprint density at radius 1 is 1.44 bits per heavy atom. The third-order valence-corrected chi connectivity index (χ3v) is 2.70. The number of aryl methyl sites for hydroxylation is 1. The molecule has 2 N–H and O–H groups in total. The van der Waals surface area contributed by atoms with Crippen LogP contribution in [0.5, 0.6) is 0 Å². The SMILES string of the molecule is CC(N)CC(=O)c1cn(C)c2ccccc12. The van der Waals surface area contributed by atoms with Gasteiger partial charge in [0, 0.05) is 42.2 Å². The second-order valence-corrected chi connectivity index (χ2v) is 4.28. The maximum atomic E-state index is 12.0. The van der Waals surface area contributed by atoms with Crippen LogP contribution in [0.4, 0.5) is 0 Å². The average molecular weight is 216 g/mol. The highest BCUT2D eigenvalue weighted by Gasteiger charge is 2.14. The first-order valence-corrected chi connectivity index (χ1v) is 5.42. The maximum absolute atomic E-state index is 12.0. The number of nitrogens with zero attached hydrogens (tertiary/aromatic N) is 1. The molecule has 84 valence electrons. The molecule has 0 aliphatic carbocycles. The van der Waals surface area contributed by atoms with E-state index in [-0.39, 0.29) is 11.8 Å². The molecule has 1 aromatic heterocycles. The number of Topliss-reactive ketones (excluding diaryl/α,β-unsaturated/α-hetero) is 1. The van der Waals surface area contributed by atoms with Gasteiger partial charge < -0.3 is 10.3 Å². The van der Waals surface area contributed by atoms with Crippen LogP contribution in [0.25, 0.3) is 10.9 Å². The Kier molecular flexibility index (Phi) is 2.79. The van der Waals surface area contributed by atoms with E-state index in [4.69, 9.17) is 5.73 Å². The third-order valence-electron chi connectivity index (χ3n) is 2.70. The van der Waals surface area contributed by atoms with Crippen LogP contribution < -0.4 is 5.73 Å². The molecular weight excluding hydrogens is 200 g/mol. The lowest BCUT2D eigenvalue weighted by atomic mass is 10.0. The van der Waals surface area contributed by atoms with E-state index in [0.29, 0.717) is 6.42 Å². The largest absolute Gasteiger partial charge is 0.350 e. The van der Waals surface area contributed by atoms with Gasteiger partial charge in [0.15, 0.2) is 5.78 Å². The maximum Gasteiger partial charge on any atom is 0.166 e. The van der Waals surface area contributed by atoms with Gasteiger partial charge in [0.05, 0.1) is 0 Å². The lowest BCUT2D eigenvalue weighted by molar-refractivity contribution is 0.0978. The summed E-state index contributed by atoms with van der Waals surface area (Å²) in [7, 11) is 1.95. The molecule has 0 bridgehead atoms. The monoisotopic (exact) mass is 216 g/mol. The van der Waals surface area contributed by atoms with Gasteiger partial charge in [0.25, 0.3) is 0 Å². The molecule has 2 rings (SSSR count). The number of benzene rings is 1. The van der Waals surface area contributed by atoms with Crippen molar-refractivity contribution < 1.29 is 4.79 Å². The Labute approximate surface area is 94.9 Å². The van der Waals surface area contributed by atoms with Gasteiger partial charge in [0.2, 0.25) is 0 Å². The molecule has 1 unspecified atom stereocenters. The fourth-order valence-corrected chi connectivity index (χ4v) is 1.97. The summed E-state index contributed by atoms with van der Waals surface area (Å²) in [5.41, 5.74) is 7.51. The fraction of sp³-hybridized carbons (Fsp3) is 0.308. The van der Waals surface area contributed by atoms with Crippen LogP contribution in [0.3, 0.4) is 0 Å². The Bertz CT molecular complexity index is 526. The van der Waals surface area contributed by atoms with Crippen molar-refractivity contribution >= 4 is 16.7 Å². The van der Waals surface area contributed by atoms with Crippen molar-refractivity contribution in [3.8, 4) is 0 Å². The van der Waals surface area contributed by atoms with Crippen molar-refractivity contribution in [2.24, 2.45) is 12.8 Å². The van der Waals surface area contributed by atoms with E-state index in [0.717, 1.165) is 16.5 Å². The first-order valence-electron chi connectivity index (χ1n) is 5.42. The van der Waals surface area contributed by atoms with Crippen LogP contribution >= 0.6 is 0 Å². The van der Waals surface area contributed by atoms with Crippen LogP contribution in [0, 0.1) is 0 Å². The molecule has 0 saturated heterocycles. The molecule has 0 spiro atoms. The summed E-state index contributed by atoms with van der Waals surface area (Å²) < 4.78 is 1.98. The van der Waals surface area contributed by atoms with Crippen molar-refractivity contribution in [3.63, 3.8) is 0 Å². The zero-order chi connectivity index (χ0) is 11.7. The van der Waals surface area contributed by atoms with Crippen molar-refractivity contribution in [2.75, 3.05) is 0 Å². The van der Waals surface area contributed by atoms with E-state index in [1.165, 1.54) is 0 Å². The van der Waals surface area contributed by atoms with Gasteiger partial charge in [-0.1, -0.05) is 18.2 Å². The van der Waals surface area contributed by atoms with Gasteiger partial charge in [-0.25, -0.2) is 0 Å². The molecule has 0 saturated carbocycles. The number of carbonyl (C=O) groups excluding carboxylic acids is 1. The first kappa shape index (κ1) is 10.9. The summed E-state index contributed by atoms with van der Waals surface area (Å²) in [5.74, 6) is 0.117. The molecular formula is C13H16N2O. The molecule has 0 radical (unpaired) electrons. The smallest absolute Gasteiger partial charge is 0.166 e. The minimum absolute atomic E-state index is 0.0912. The molecule has 1 atom stereocenters. The molecule has 3 heteroatoms. The molecule has 1 heterocycles. The molecule has 3 nitrogen and oxygen atoms in total. The highest BCUT2D eigenvalue weighted by Crippen LogP contribution is 2.21.